The third kappa shape index (κ3) is 2.98. The zero-order valence-corrected chi connectivity index (χ0v) is 15.3. The van der Waals surface area contributed by atoms with Gasteiger partial charge in [-0.05, 0) is 31.2 Å². The summed E-state index contributed by atoms with van der Waals surface area (Å²) in [4.78, 5) is 0.0195. The van der Waals surface area contributed by atoms with Gasteiger partial charge >= 0.3 is 10.1 Å². The van der Waals surface area contributed by atoms with Gasteiger partial charge in [0.2, 0.25) is 0 Å². The van der Waals surface area contributed by atoms with Crippen molar-refractivity contribution >= 4 is 10.1 Å². The second-order valence-corrected chi connectivity index (χ2v) is 8.34. The molecule has 1 fully saturated rings. The van der Waals surface area contributed by atoms with Gasteiger partial charge in [-0.15, -0.1) is 0 Å². The van der Waals surface area contributed by atoms with Crippen molar-refractivity contribution in [2.24, 2.45) is 0 Å². The molecule has 2 atom stereocenters. The Balaban J connectivity index is 1.40. The number of ether oxygens (including phenoxy) is 3. The highest BCUT2D eigenvalue weighted by Crippen LogP contribution is 2.43. The van der Waals surface area contributed by atoms with Crippen molar-refractivity contribution in [1.82, 2.24) is 5.32 Å². The van der Waals surface area contributed by atoms with Crippen molar-refractivity contribution in [2.75, 3.05) is 26.3 Å². The first-order chi connectivity index (χ1) is 13.1. The van der Waals surface area contributed by atoms with Crippen LogP contribution in [0, 0.1) is 0 Å². The molecule has 0 radical (unpaired) electrons. The lowest BCUT2D eigenvalue weighted by Gasteiger charge is -2.24. The largest absolute Gasteiger partial charge is 0.488 e. The third-order valence-electron chi connectivity index (χ3n) is 5.10. The highest BCUT2D eigenvalue weighted by molar-refractivity contribution is 7.87. The van der Waals surface area contributed by atoms with Crippen molar-refractivity contribution in [3.8, 4) is 23.0 Å². The molecule has 7 nitrogen and oxygen atoms in total. The van der Waals surface area contributed by atoms with Crippen LogP contribution in [0.5, 0.6) is 23.0 Å². The summed E-state index contributed by atoms with van der Waals surface area (Å²) >= 11 is 0. The maximum atomic E-state index is 12.7. The van der Waals surface area contributed by atoms with Crippen LogP contribution in [0.15, 0.2) is 41.3 Å². The molecule has 1 saturated heterocycles. The number of nitrogens with one attached hydrogen (secondary N) is 1. The lowest BCUT2D eigenvalue weighted by molar-refractivity contribution is 0.171. The molecule has 3 aliphatic rings. The van der Waals surface area contributed by atoms with E-state index >= 15 is 0 Å². The lowest BCUT2D eigenvalue weighted by Crippen LogP contribution is -2.39. The van der Waals surface area contributed by atoms with Gasteiger partial charge in [0.15, 0.2) is 11.5 Å². The average Bonchev–Trinajstić information content (AvgIpc) is 3.05. The highest BCUT2D eigenvalue weighted by atomic mass is 32.2. The van der Waals surface area contributed by atoms with E-state index in [9.17, 15) is 8.42 Å². The van der Waals surface area contributed by atoms with Crippen molar-refractivity contribution in [1.29, 1.82) is 0 Å². The molecule has 0 aromatic heterocycles. The van der Waals surface area contributed by atoms with E-state index in [0.29, 0.717) is 36.4 Å². The van der Waals surface area contributed by atoms with Crippen LogP contribution in [0.25, 0.3) is 0 Å². The minimum Gasteiger partial charge on any atom is -0.488 e. The van der Waals surface area contributed by atoms with Crippen molar-refractivity contribution in [3.05, 3.63) is 42.0 Å². The summed E-state index contributed by atoms with van der Waals surface area (Å²) < 4.78 is 47.5. The van der Waals surface area contributed by atoms with Gasteiger partial charge in [-0.3, -0.25) is 0 Å². The molecule has 2 aromatic carbocycles. The van der Waals surface area contributed by atoms with Crippen LogP contribution in [0.2, 0.25) is 0 Å². The Hall–Kier alpha value is -2.45. The smallest absolute Gasteiger partial charge is 0.339 e. The van der Waals surface area contributed by atoms with E-state index in [-0.39, 0.29) is 16.7 Å². The molecule has 2 unspecified atom stereocenters. The molecule has 1 N–H and O–H groups in total. The molecular weight excluding hydrogens is 370 g/mol. The average molecular weight is 389 g/mol. The van der Waals surface area contributed by atoms with Gasteiger partial charge in [0.25, 0.3) is 0 Å². The first-order valence-corrected chi connectivity index (χ1v) is 10.4. The lowest BCUT2D eigenvalue weighted by atomic mass is 9.90. The number of benzene rings is 2. The number of rotatable bonds is 3. The fourth-order valence-electron chi connectivity index (χ4n) is 3.80. The maximum Gasteiger partial charge on any atom is 0.339 e. The predicted octanol–water partition coefficient (Wildman–Crippen LogP) is 2.06. The van der Waals surface area contributed by atoms with E-state index in [1.165, 1.54) is 12.1 Å². The Morgan fingerprint density at radius 1 is 1.00 bits per heavy atom. The van der Waals surface area contributed by atoms with Gasteiger partial charge in [0.1, 0.15) is 35.7 Å². The summed E-state index contributed by atoms with van der Waals surface area (Å²) in [6.07, 6.45) is 1.10. The van der Waals surface area contributed by atoms with E-state index < -0.39 is 10.1 Å². The van der Waals surface area contributed by atoms with Gasteiger partial charge in [-0.1, -0.05) is 6.07 Å². The molecule has 142 valence electrons. The van der Waals surface area contributed by atoms with Crippen LogP contribution in [0.1, 0.15) is 17.9 Å². The molecule has 0 amide bonds. The van der Waals surface area contributed by atoms with Crippen LogP contribution in [0.3, 0.4) is 0 Å². The van der Waals surface area contributed by atoms with E-state index in [4.69, 9.17) is 18.4 Å². The van der Waals surface area contributed by atoms with Gasteiger partial charge in [-0.25, -0.2) is 0 Å². The Morgan fingerprint density at radius 2 is 1.85 bits per heavy atom. The topological polar surface area (TPSA) is 83.1 Å². The van der Waals surface area contributed by atoms with E-state index in [2.05, 4.69) is 5.32 Å². The van der Waals surface area contributed by atoms with Crippen LogP contribution >= 0.6 is 0 Å². The van der Waals surface area contributed by atoms with Crippen molar-refractivity contribution in [2.45, 2.75) is 23.3 Å². The second-order valence-electron chi connectivity index (χ2n) is 6.80. The fraction of sp³-hybridized carbons (Fsp3) is 0.368. The minimum atomic E-state index is -3.99. The molecular formula is C19H19NO6S. The number of hydrogen-bond donors (Lipinski definition) is 1. The standard InChI is InChI=1S/C19H19NO6S/c21-27(22,13-2-4-16-18(10-13)24-8-7-23-16)26-12-1-3-14-15-5-6-20-11-19(15)25-17(14)9-12/h1-4,9-10,15,19-20H,5-8,11H2. The number of hydrogen-bond acceptors (Lipinski definition) is 7. The summed E-state index contributed by atoms with van der Waals surface area (Å²) in [6.45, 7) is 2.59. The predicted molar refractivity (Wildman–Crippen MR) is 96.3 cm³/mol. The molecule has 0 bridgehead atoms. The van der Waals surface area contributed by atoms with Crippen molar-refractivity contribution in [3.63, 3.8) is 0 Å². The molecule has 0 aliphatic carbocycles. The number of piperidine rings is 1. The Morgan fingerprint density at radius 3 is 2.74 bits per heavy atom. The van der Waals surface area contributed by atoms with Crippen molar-refractivity contribution < 1.29 is 26.8 Å². The number of fused-ring (bicyclic) bond motifs is 4. The SMILES string of the molecule is O=S(=O)(Oc1ccc2c(c1)OC1CNCCC21)c1ccc2c(c1)OCCO2. The maximum absolute atomic E-state index is 12.7. The van der Waals surface area contributed by atoms with Gasteiger partial charge in [0.05, 0.1) is 0 Å². The van der Waals surface area contributed by atoms with Crippen LogP contribution in [-0.4, -0.2) is 40.8 Å². The van der Waals surface area contributed by atoms with Gasteiger partial charge in [0, 0.05) is 30.2 Å². The van der Waals surface area contributed by atoms with Crippen LogP contribution in [-0.2, 0) is 10.1 Å². The molecule has 5 rings (SSSR count). The Kier molecular flexibility index (Phi) is 3.91. The minimum absolute atomic E-state index is 0.0195. The molecule has 0 spiro atoms. The monoisotopic (exact) mass is 389 g/mol. The Labute approximate surface area is 157 Å². The molecule has 8 heteroatoms. The molecule has 0 saturated carbocycles. The summed E-state index contributed by atoms with van der Waals surface area (Å²) in [5.41, 5.74) is 1.12. The third-order valence-corrected chi connectivity index (χ3v) is 6.34. The zero-order chi connectivity index (χ0) is 18.4. The Bertz CT molecular complexity index is 990. The molecule has 3 heterocycles. The van der Waals surface area contributed by atoms with Crippen LogP contribution < -0.4 is 23.7 Å². The molecule has 2 aromatic rings. The second kappa shape index (κ2) is 6.31. The first kappa shape index (κ1) is 16.7. The summed E-state index contributed by atoms with van der Waals surface area (Å²) in [7, 11) is -3.99. The molecule has 3 aliphatic heterocycles. The van der Waals surface area contributed by atoms with Gasteiger partial charge in [-0.2, -0.15) is 8.42 Å². The fourth-order valence-corrected chi connectivity index (χ4v) is 4.74. The highest BCUT2D eigenvalue weighted by Gasteiger charge is 2.36. The van der Waals surface area contributed by atoms with E-state index in [1.807, 2.05) is 6.07 Å². The molecule has 27 heavy (non-hydrogen) atoms. The summed E-state index contributed by atoms with van der Waals surface area (Å²) in [6, 6.07) is 9.69. The van der Waals surface area contributed by atoms with E-state index in [1.54, 1.807) is 18.2 Å². The normalized spacial score (nSPS) is 23.1. The van der Waals surface area contributed by atoms with E-state index in [0.717, 1.165) is 25.1 Å². The quantitative estimate of drug-likeness (QED) is 0.805. The zero-order valence-electron chi connectivity index (χ0n) is 14.5. The summed E-state index contributed by atoms with van der Waals surface area (Å²) in [5.74, 6) is 2.21. The summed E-state index contributed by atoms with van der Waals surface area (Å²) in [5, 5.41) is 3.32. The first-order valence-electron chi connectivity index (χ1n) is 8.96. The van der Waals surface area contributed by atoms with Gasteiger partial charge < -0.3 is 23.7 Å². The van der Waals surface area contributed by atoms with Crippen LogP contribution in [0.4, 0.5) is 0 Å².